The number of amides is 2. The maximum absolute atomic E-state index is 12.3. The van der Waals surface area contributed by atoms with Gasteiger partial charge in [0, 0.05) is 45.2 Å². The van der Waals surface area contributed by atoms with E-state index in [1.807, 2.05) is 4.90 Å². The summed E-state index contributed by atoms with van der Waals surface area (Å²) in [6.45, 7) is 5.25. The van der Waals surface area contributed by atoms with Crippen LogP contribution in [0.1, 0.15) is 17.5 Å². The predicted molar refractivity (Wildman–Crippen MR) is 93.4 cm³/mol. The second-order valence-corrected chi connectivity index (χ2v) is 6.84. The number of fused-ring (bicyclic) bond motifs is 1. The molecule has 1 N–H and O–H groups in total. The minimum atomic E-state index is 0.0779. The first-order valence-electron chi connectivity index (χ1n) is 8.96. The molecule has 0 unspecified atom stereocenters. The van der Waals surface area contributed by atoms with Gasteiger partial charge in [0.2, 0.25) is 0 Å². The molecule has 5 nitrogen and oxygen atoms in total. The van der Waals surface area contributed by atoms with Crippen molar-refractivity contribution in [3.8, 4) is 5.75 Å². The summed E-state index contributed by atoms with van der Waals surface area (Å²) in [5.74, 6) is 1.02. The molecular formula is C19H25N3O2. The van der Waals surface area contributed by atoms with Crippen LogP contribution in [-0.4, -0.2) is 61.2 Å². The van der Waals surface area contributed by atoms with Crippen molar-refractivity contribution in [1.82, 2.24) is 15.1 Å². The van der Waals surface area contributed by atoms with Crippen LogP contribution in [0.5, 0.6) is 5.75 Å². The van der Waals surface area contributed by atoms with Crippen LogP contribution in [0.4, 0.5) is 4.79 Å². The second-order valence-electron chi connectivity index (χ2n) is 6.84. The van der Waals surface area contributed by atoms with Crippen LogP contribution in [0.3, 0.4) is 0 Å². The summed E-state index contributed by atoms with van der Waals surface area (Å²) in [4.78, 5) is 16.7. The Kier molecular flexibility index (Phi) is 4.43. The Hall–Kier alpha value is -2.01. The van der Waals surface area contributed by atoms with Crippen LogP contribution in [0.25, 0.3) is 0 Å². The van der Waals surface area contributed by atoms with Crippen molar-refractivity contribution in [2.75, 3.05) is 39.3 Å². The molecule has 0 radical (unpaired) electrons. The van der Waals surface area contributed by atoms with E-state index in [4.69, 9.17) is 4.74 Å². The lowest BCUT2D eigenvalue weighted by Crippen LogP contribution is -2.42. The minimum absolute atomic E-state index is 0.0779. The van der Waals surface area contributed by atoms with Gasteiger partial charge in [-0.2, -0.15) is 0 Å². The molecule has 3 heterocycles. The van der Waals surface area contributed by atoms with Gasteiger partial charge in [0.25, 0.3) is 0 Å². The Morgan fingerprint density at radius 2 is 2.17 bits per heavy atom. The first-order valence-corrected chi connectivity index (χ1v) is 8.96. The molecule has 0 saturated carbocycles. The van der Waals surface area contributed by atoms with E-state index in [0.717, 1.165) is 57.8 Å². The fourth-order valence-electron chi connectivity index (χ4n) is 3.84. The van der Waals surface area contributed by atoms with Gasteiger partial charge in [0.15, 0.2) is 0 Å². The minimum Gasteiger partial charge on any atom is -0.493 e. The van der Waals surface area contributed by atoms with E-state index < -0.39 is 0 Å². The number of hydrogen-bond donors (Lipinski definition) is 1. The molecule has 2 amide bonds. The number of benzene rings is 1. The van der Waals surface area contributed by atoms with Crippen molar-refractivity contribution in [3.63, 3.8) is 0 Å². The number of hydrogen-bond acceptors (Lipinski definition) is 3. The third kappa shape index (κ3) is 3.26. The van der Waals surface area contributed by atoms with Gasteiger partial charge in [-0.1, -0.05) is 24.3 Å². The number of carbonyl (C=O) groups is 1. The SMILES string of the molecule is O=C(NCCc1ccc2c(c1)CCO2)N1CC[C@@H](N2CC=CC2)C1. The molecule has 4 rings (SSSR count). The van der Waals surface area contributed by atoms with Gasteiger partial charge < -0.3 is 15.0 Å². The van der Waals surface area contributed by atoms with Crippen molar-refractivity contribution in [1.29, 1.82) is 0 Å². The summed E-state index contributed by atoms with van der Waals surface area (Å²) >= 11 is 0. The highest BCUT2D eigenvalue weighted by Crippen LogP contribution is 2.26. The number of likely N-dealkylation sites (tertiary alicyclic amines) is 1. The van der Waals surface area contributed by atoms with E-state index in [-0.39, 0.29) is 6.03 Å². The average Bonchev–Trinajstić information content (AvgIpc) is 3.33. The van der Waals surface area contributed by atoms with Gasteiger partial charge in [-0.15, -0.1) is 0 Å². The monoisotopic (exact) mass is 327 g/mol. The fraction of sp³-hybridized carbons (Fsp3) is 0.526. The van der Waals surface area contributed by atoms with Crippen molar-refractivity contribution in [2.24, 2.45) is 0 Å². The highest BCUT2D eigenvalue weighted by Gasteiger charge is 2.30. The summed E-state index contributed by atoms with van der Waals surface area (Å²) in [6.07, 6.45) is 7.37. The molecular weight excluding hydrogens is 302 g/mol. The normalized spacial score (nSPS) is 22.7. The van der Waals surface area contributed by atoms with Gasteiger partial charge in [-0.3, -0.25) is 4.90 Å². The number of nitrogens with zero attached hydrogens (tertiary/aromatic N) is 2. The second kappa shape index (κ2) is 6.85. The third-order valence-electron chi connectivity index (χ3n) is 5.26. The van der Waals surface area contributed by atoms with Gasteiger partial charge in [0.05, 0.1) is 6.61 Å². The molecule has 1 atom stereocenters. The molecule has 0 aliphatic carbocycles. The van der Waals surface area contributed by atoms with Crippen LogP contribution in [0, 0.1) is 0 Å². The first kappa shape index (κ1) is 15.5. The quantitative estimate of drug-likeness (QED) is 0.858. The van der Waals surface area contributed by atoms with Crippen LogP contribution in [0.15, 0.2) is 30.4 Å². The predicted octanol–water partition coefficient (Wildman–Crippen LogP) is 1.82. The van der Waals surface area contributed by atoms with Gasteiger partial charge in [0.1, 0.15) is 5.75 Å². The molecule has 1 saturated heterocycles. The number of carbonyl (C=O) groups excluding carboxylic acids is 1. The van der Waals surface area contributed by atoms with E-state index in [1.165, 1.54) is 11.1 Å². The number of rotatable bonds is 4. The highest BCUT2D eigenvalue weighted by molar-refractivity contribution is 5.74. The summed E-state index contributed by atoms with van der Waals surface area (Å²) < 4.78 is 5.53. The summed E-state index contributed by atoms with van der Waals surface area (Å²) in [6, 6.07) is 6.95. The Morgan fingerprint density at radius 1 is 1.29 bits per heavy atom. The molecule has 3 aliphatic rings. The van der Waals surface area contributed by atoms with Gasteiger partial charge >= 0.3 is 6.03 Å². The lowest BCUT2D eigenvalue weighted by Gasteiger charge is -2.23. The molecule has 0 bridgehead atoms. The van der Waals surface area contributed by atoms with E-state index >= 15 is 0 Å². The van der Waals surface area contributed by atoms with Crippen LogP contribution < -0.4 is 10.1 Å². The maximum Gasteiger partial charge on any atom is 0.317 e. The first-order chi connectivity index (χ1) is 11.8. The van der Waals surface area contributed by atoms with Crippen LogP contribution in [0.2, 0.25) is 0 Å². The zero-order valence-electron chi connectivity index (χ0n) is 14.0. The summed E-state index contributed by atoms with van der Waals surface area (Å²) in [5, 5.41) is 3.07. The van der Waals surface area contributed by atoms with Crippen LogP contribution in [-0.2, 0) is 12.8 Å². The van der Waals surface area contributed by atoms with Crippen molar-refractivity contribution in [3.05, 3.63) is 41.5 Å². The van der Waals surface area contributed by atoms with Crippen LogP contribution >= 0.6 is 0 Å². The maximum atomic E-state index is 12.3. The fourth-order valence-corrected chi connectivity index (χ4v) is 3.84. The van der Waals surface area contributed by atoms with Gasteiger partial charge in [-0.25, -0.2) is 4.79 Å². The third-order valence-corrected chi connectivity index (χ3v) is 5.26. The van der Waals surface area contributed by atoms with Crippen molar-refractivity contribution < 1.29 is 9.53 Å². The molecule has 0 spiro atoms. The Morgan fingerprint density at radius 3 is 3.04 bits per heavy atom. The zero-order chi connectivity index (χ0) is 16.4. The van der Waals surface area contributed by atoms with Gasteiger partial charge in [-0.05, 0) is 30.0 Å². The average molecular weight is 327 g/mol. The lowest BCUT2D eigenvalue weighted by molar-refractivity contribution is 0.200. The largest absolute Gasteiger partial charge is 0.493 e. The molecule has 5 heteroatoms. The standard InChI is InChI=1S/C19H25N3O2/c23-19(22-11-6-17(14-22)21-9-1-2-10-21)20-8-5-15-3-4-18-16(13-15)7-12-24-18/h1-4,13,17H,5-12,14H2,(H,20,23)/t17-/m1/s1. The number of ether oxygens (including phenoxy) is 1. The Labute approximate surface area is 143 Å². The molecule has 24 heavy (non-hydrogen) atoms. The Balaban J connectivity index is 1.22. The molecule has 1 fully saturated rings. The number of urea groups is 1. The zero-order valence-corrected chi connectivity index (χ0v) is 14.0. The summed E-state index contributed by atoms with van der Waals surface area (Å²) in [5.41, 5.74) is 2.56. The highest BCUT2D eigenvalue weighted by atomic mass is 16.5. The lowest BCUT2D eigenvalue weighted by atomic mass is 10.1. The molecule has 128 valence electrons. The van der Waals surface area contributed by atoms with E-state index in [1.54, 1.807) is 0 Å². The van der Waals surface area contributed by atoms with E-state index in [2.05, 4.69) is 40.6 Å². The smallest absolute Gasteiger partial charge is 0.317 e. The number of nitrogens with one attached hydrogen (secondary N) is 1. The van der Waals surface area contributed by atoms with E-state index in [0.29, 0.717) is 12.6 Å². The molecule has 1 aromatic carbocycles. The van der Waals surface area contributed by atoms with Crippen molar-refractivity contribution in [2.45, 2.75) is 25.3 Å². The Bertz CT molecular complexity index is 635. The summed E-state index contributed by atoms with van der Waals surface area (Å²) in [7, 11) is 0. The van der Waals surface area contributed by atoms with E-state index in [9.17, 15) is 4.79 Å². The topological polar surface area (TPSA) is 44.8 Å². The molecule has 1 aromatic rings. The molecule has 0 aromatic heterocycles. The van der Waals surface area contributed by atoms with Crippen molar-refractivity contribution >= 4 is 6.03 Å². The molecule has 3 aliphatic heterocycles.